The molecule has 0 amide bonds. The maximum atomic E-state index is 5.92. The van der Waals surface area contributed by atoms with E-state index >= 15 is 0 Å². The van der Waals surface area contributed by atoms with Crippen molar-refractivity contribution in [3.63, 3.8) is 0 Å². The number of rotatable bonds is 7. The van der Waals surface area contributed by atoms with E-state index in [9.17, 15) is 0 Å². The lowest BCUT2D eigenvalue weighted by molar-refractivity contribution is 0.0992. The van der Waals surface area contributed by atoms with Gasteiger partial charge in [-0.05, 0) is 57.4 Å². The second kappa shape index (κ2) is 8.43. The standard InChI is InChI=1S/C19H29N3O3/c1-4-20-19(22-17-11-16-9-10-18(17)25-16)21-12-13(2)24-15-7-5-14(23-3)6-8-15/h5-8,13,16-18H,4,9-12H2,1-3H3,(H2,20,21,22). The van der Waals surface area contributed by atoms with Gasteiger partial charge in [0, 0.05) is 6.54 Å². The van der Waals surface area contributed by atoms with Crippen molar-refractivity contribution in [2.24, 2.45) is 4.99 Å². The van der Waals surface area contributed by atoms with Crippen molar-refractivity contribution < 1.29 is 14.2 Å². The molecule has 2 saturated heterocycles. The van der Waals surface area contributed by atoms with Gasteiger partial charge in [-0.1, -0.05) is 0 Å². The molecule has 2 fully saturated rings. The van der Waals surface area contributed by atoms with Crippen LogP contribution in [0.25, 0.3) is 0 Å². The summed E-state index contributed by atoms with van der Waals surface area (Å²) in [5.74, 6) is 2.49. The lowest BCUT2D eigenvalue weighted by atomic mass is 9.96. The molecule has 3 rings (SSSR count). The first kappa shape index (κ1) is 17.9. The van der Waals surface area contributed by atoms with Gasteiger partial charge in [0.2, 0.25) is 0 Å². The van der Waals surface area contributed by atoms with Gasteiger partial charge in [-0.25, -0.2) is 4.99 Å². The van der Waals surface area contributed by atoms with Gasteiger partial charge >= 0.3 is 0 Å². The fourth-order valence-electron chi connectivity index (χ4n) is 3.43. The van der Waals surface area contributed by atoms with Crippen molar-refractivity contribution in [1.82, 2.24) is 10.6 Å². The number of fused-ring (bicyclic) bond motifs is 2. The Morgan fingerprint density at radius 3 is 2.64 bits per heavy atom. The SMILES string of the molecule is CCNC(=NCC(C)Oc1ccc(OC)cc1)NC1CC2CCC1O2. The first-order chi connectivity index (χ1) is 12.2. The molecule has 0 aliphatic carbocycles. The first-order valence-electron chi connectivity index (χ1n) is 9.19. The van der Waals surface area contributed by atoms with E-state index in [-0.39, 0.29) is 6.10 Å². The van der Waals surface area contributed by atoms with E-state index in [0.29, 0.717) is 24.8 Å². The second-order valence-corrected chi connectivity index (χ2v) is 6.68. The van der Waals surface area contributed by atoms with Crippen LogP contribution in [0, 0.1) is 0 Å². The molecule has 2 N–H and O–H groups in total. The summed E-state index contributed by atoms with van der Waals surface area (Å²) >= 11 is 0. The van der Waals surface area contributed by atoms with Gasteiger partial charge in [0.05, 0.1) is 31.9 Å². The Morgan fingerprint density at radius 2 is 2.04 bits per heavy atom. The Balaban J connectivity index is 1.51. The highest BCUT2D eigenvalue weighted by atomic mass is 16.5. The number of aliphatic imine (C=N–C) groups is 1. The predicted molar refractivity (Wildman–Crippen MR) is 98.5 cm³/mol. The molecule has 2 aliphatic heterocycles. The number of methoxy groups -OCH3 is 1. The van der Waals surface area contributed by atoms with Crippen molar-refractivity contribution in [2.75, 3.05) is 20.2 Å². The van der Waals surface area contributed by atoms with E-state index in [1.54, 1.807) is 7.11 Å². The number of hydrogen-bond acceptors (Lipinski definition) is 4. The smallest absolute Gasteiger partial charge is 0.191 e. The molecule has 0 radical (unpaired) electrons. The Bertz CT molecular complexity index is 576. The zero-order chi connectivity index (χ0) is 17.6. The maximum absolute atomic E-state index is 5.92. The highest BCUT2D eigenvalue weighted by Crippen LogP contribution is 2.34. The third-order valence-electron chi connectivity index (χ3n) is 4.68. The van der Waals surface area contributed by atoms with E-state index < -0.39 is 0 Å². The minimum absolute atomic E-state index is 0.0138. The van der Waals surface area contributed by atoms with Crippen LogP contribution < -0.4 is 20.1 Å². The summed E-state index contributed by atoms with van der Waals surface area (Å²) < 4.78 is 17.0. The summed E-state index contributed by atoms with van der Waals surface area (Å²) in [5.41, 5.74) is 0. The lowest BCUT2D eigenvalue weighted by Gasteiger charge is -2.23. The molecule has 1 aromatic rings. The quantitative estimate of drug-likeness (QED) is 0.585. The van der Waals surface area contributed by atoms with Crippen LogP contribution in [0.2, 0.25) is 0 Å². The maximum Gasteiger partial charge on any atom is 0.191 e. The lowest BCUT2D eigenvalue weighted by Crippen LogP contribution is -2.47. The topological polar surface area (TPSA) is 64.1 Å². The Labute approximate surface area is 149 Å². The molecule has 1 aromatic carbocycles. The van der Waals surface area contributed by atoms with Gasteiger partial charge in [0.15, 0.2) is 5.96 Å². The normalized spacial score (nSPS) is 26.4. The summed E-state index contributed by atoms with van der Waals surface area (Å²) in [6, 6.07) is 7.98. The zero-order valence-electron chi connectivity index (χ0n) is 15.3. The molecule has 25 heavy (non-hydrogen) atoms. The fraction of sp³-hybridized carbons (Fsp3) is 0.632. The minimum Gasteiger partial charge on any atom is -0.497 e. The molecule has 2 bridgehead atoms. The third-order valence-corrected chi connectivity index (χ3v) is 4.68. The summed E-state index contributed by atoms with van der Waals surface area (Å²) in [7, 11) is 1.66. The van der Waals surface area contributed by atoms with E-state index in [0.717, 1.165) is 36.8 Å². The average molecular weight is 347 g/mol. The third kappa shape index (κ3) is 4.78. The summed E-state index contributed by atoms with van der Waals surface area (Å²) in [4.78, 5) is 4.68. The molecule has 4 atom stereocenters. The summed E-state index contributed by atoms with van der Waals surface area (Å²) in [6.45, 7) is 5.52. The number of guanidine groups is 1. The molecule has 6 nitrogen and oxygen atoms in total. The number of nitrogens with zero attached hydrogens (tertiary/aromatic N) is 1. The highest BCUT2D eigenvalue weighted by molar-refractivity contribution is 5.80. The first-order valence-corrected chi connectivity index (χ1v) is 9.19. The van der Waals surface area contributed by atoms with Gasteiger partial charge < -0.3 is 24.8 Å². The van der Waals surface area contributed by atoms with Crippen LogP contribution in [0.4, 0.5) is 0 Å². The molecular weight excluding hydrogens is 318 g/mol. The van der Waals surface area contributed by atoms with Crippen molar-refractivity contribution in [2.45, 2.75) is 57.5 Å². The van der Waals surface area contributed by atoms with Crippen LogP contribution in [-0.4, -0.2) is 50.5 Å². The van der Waals surface area contributed by atoms with Crippen LogP contribution in [0.3, 0.4) is 0 Å². The Hall–Kier alpha value is -1.95. The Kier molecular flexibility index (Phi) is 6.02. The van der Waals surface area contributed by atoms with Gasteiger partial charge in [-0.15, -0.1) is 0 Å². The number of nitrogens with one attached hydrogen (secondary N) is 2. The van der Waals surface area contributed by atoms with Gasteiger partial charge in [-0.3, -0.25) is 0 Å². The minimum atomic E-state index is -0.0138. The molecular formula is C19H29N3O3. The zero-order valence-corrected chi connectivity index (χ0v) is 15.3. The van der Waals surface area contributed by atoms with E-state index in [1.165, 1.54) is 6.42 Å². The van der Waals surface area contributed by atoms with Crippen molar-refractivity contribution >= 4 is 5.96 Å². The highest BCUT2D eigenvalue weighted by Gasteiger charge is 2.41. The van der Waals surface area contributed by atoms with Gasteiger partial charge in [-0.2, -0.15) is 0 Å². The van der Waals surface area contributed by atoms with Crippen LogP contribution in [0.15, 0.2) is 29.3 Å². The average Bonchev–Trinajstić information content (AvgIpc) is 3.23. The van der Waals surface area contributed by atoms with Crippen molar-refractivity contribution in [1.29, 1.82) is 0 Å². The van der Waals surface area contributed by atoms with Crippen LogP contribution in [-0.2, 0) is 4.74 Å². The fourth-order valence-corrected chi connectivity index (χ4v) is 3.43. The van der Waals surface area contributed by atoms with Crippen LogP contribution in [0.1, 0.15) is 33.1 Å². The molecule has 2 heterocycles. The molecule has 0 aromatic heterocycles. The molecule has 6 heteroatoms. The largest absolute Gasteiger partial charge is 0.497 e. The molecule has 4 unspecified atom stereocenters. The molecule has 0 saturated carbocycles. The summed E-state index contributed by atoms with van der Waals surface area (Å²) in [6.07, 6.45) is 4.18. The van der Waals surface area contributed by atoms with Gasteiger partial charge in [0.1, 0.15) is 17.6 Å². The van der Waals surface area contributed by atoms with Crippen molar-refractivity contribution in [3.05, 3.63) is 24.3 Å². The number of benzene rings is 1. The van der Waals surface area contributed by atoms with Crippen LogP contribution in [0.5, 0.6) is 11.5 Å². The van der Waals surface area contributed by atoms with Gasteiger partial charge in [0.25, 0.3) is 0 Å². The van der Waals surface area contributed by atoms with Crippen molar-refractivity contribution in [3.8, 4) is 11.5 Å². The Morgan fingerprint density at radius 1 is 1.28 bits per heavy atom. The molecule has 2 aliphatic rings. The van der Waals surface area contributed by atoms with E-state index in [2.05, 4.69) is 22.5 Å². The molecule has 0 spiro atoms. The number of hydrogen-bond donors (Lipinski definition) is 2. The van der Waals surface area contributed by atoms with Crippen LogP contribution >= 0.6 is 0 Å². The van der Waals surface area contributed by atoms with E-state index in [4.69, 9.17) is 14.2 Å². The predicted octanol–water partition coefficient (Wildman–Crippen LogP) is 2.34. The summed E-state index contributed by atoms with van der Waals surface area (Å²) in [5, 5.41) is 6.84. The second-order valence-electron chi connectivity index (χ2n) is 6.68. The monoisotopic (exact) mass is 347 g/mol. The van der Waals surface area contributed by atoms with E-state index in [1.807, 2.05) is 31.2 Å². The number of ether oxygens (including phenoxy) is 3. The molecule has 138 valence electrons.